The van der Waals surface area contributed by atoms with Gasteiger partial charge < -0.3 is 30.6 Å². The van der Waals surface area contributed by atoms with Gasteiger partial charge in [-0.3, -0.25) is 0 Å². The van der Waals surface area contributed by atoms with Gasteiger partial charge in [0.15, 0.2) is 0 Å². The Balaban J connectivity index is -0.0000000300. The molecule has 0 unspecified atom stereocenters. The Morgan fingerprint density at radius 3 is 0.800 bits per heavy atom. The molecule has 0 bridgehead atoms. The van der Waals surface area contributed by atoms with Crippen molar-refractivity contribution in [2.24, 2.45) is 0 Å². The molecule has 0 aliphatic heterocycles. The Hall–Kier alpha value is -0.574. The van der Waals surface area contributed by atoms with E-state index in [4.69, 9.17) is 30.6 Å². The molecule has 60 valence electrons. The van der Waals surface area contributed by atoms with Gasteiger partial charge in [-0.2, -0.15) is 0 Å². The molecule has 8 nitrogen and oxygen atoms in total. The van der Waals surface area contributed by atoms with Gasteiger partial charge in [-0.15, -0.1) is 0 Å². The summed E-state index contributed by atoms with van der Waals surface area (Å²) in [6.45, 7) is 0. The first-order chi connectivity index (χ1) is 3.46. The molecule has 0 aromatic carbocycles. The van der Waals surface area contributed by atoms with Crippen molar-refractivity contribution in [1.29, 1.82) is 0 Å². The fraction of sp³-hybridized carbons (Fsp3) is 0. The fourth-order valence-electron chi connectivity index (χ4n) is 0. The molecule has 0 rings (SSSR count). The van der Waals surface area contributed by atoms with Crippen molar-refractivity contribution in [1.82, 2.24) is 0 Å². The van der Waals surface area contributed by atoms with Gasteiger partial charge in [0, 0.05) is 0 Å². The summed E-state index contributed by atoms with van der Waals surface area (Å²) >= 11 is 0. The summed E-state index contributed by atoms with van der Waals surface area (Å²) in [6, 6.07) is 0. The van der Waals surface area contributed by atoms with Crippen molar-refractivity contribution in [3.05, 3.63) is 30.6 Å². The molecule has 0 N–H and O–H groups in total. The van der Waals surface area contributed by atoms with Gasteiger partial charge in [0.1, 0.15) is 0 Å². The van der Waals surface area contributed by atoms with E-state index in [9.17, 15) is 0 Å². The molecule has 0 saturated carbocycles. The molecule has 0 aromatic heterocycles. The molecule has 2 radical (unpaired) electrons. The summed E-state index contributed by atoms with van der Waals surface area (Å²) in [5.41, 5.74) is 0. The molecule has 0 saturated heterocycles. The third-order valence-electron chi connectivity index (χ3n) is 0. The smallest absolute Gasteiger partial charge is 0.356 e. The number of nitrogens with zero attached hydrogens (tertiary/aromatic N) is 2. The SMILES string of the molecule is O=[N+]([O-])[O-].O=[N+]([O-])[O-].[Co+2].[Mn+2]. The standard InChI is InChI=1S/Co.Mn.2NO3/c;;2*2-1(3)4/q2*+2;2*-1. The van der Waals surface area contributed by atoms with Gasteiger partial charge in [-0.05, 0) is 0 Å². The number of hydrogen-bond donors (Lipinski definition) is 0. The predicted octanol–water partition coefficient (Wildman–Crippen LogP) is -0.483. The molecule has 0 amide bonds. The van der Waals surface area contributed by atoms with Crippen molar-refractivity contribution >= 4 is 0 Å². The minimum atomic E-state index is -1.75. The molecule has 10 heteroatoms. The van der Waals surface area contributed by atoms with Crippen LogP contribution in [0.2, 0.25) is 0 Å². The van der Waals surface area contributed by atoms with Crippen molar-refractivity contribution in [3.8, 4) is 0 Å². The van der Waals surface area contributed by atoms with Gasteiger partial charge >= 0.3 is 33.8 Å². The van der Waals surface area contributed by atoms with E-state index in [1.165, 1.54) is 0 Å². The molecule has 0 aliphatic rings. The Bertz CT molecular complexity index is 73.7. The topological polar surface area (TPSA) is 132 Å². The van der Waals surface area contributed by atoms with Crippen LogP contribution in [0, 0.1) is 30.6 Å². The van der Waals surface area contributed by atoms with E-state index in [2.05, 4.69) is 0 Å². The number of rotatable bonds is 0. The van der Waals surface area contributed by atoms with Gasteiger partial charge in [0.25, 0.3) is 0 Å². The summed E-state index contributed by atoms with van der Waals surface area (Å²) in [4.78, 5) is 16.5. The van der Waals surface area contributed by atoms with Crippen molar-refractivity contribution in [2.75, 3.05) is 0 Å². The summed E-state index contributed by atoms with van der Waals surface area (Å²) in [5.74, 6) is 0. The van der Waals surface area contributed by atoms with Crippen LogP contribution in [0.1, 0.15) is 0 Å². The van der Waals surface area contributed by atoms with Crippen molar-refractivity contribution in [2.45, 2.75) is 0 Å². The van der Waals surface area contributed by atoms with Crippen LogP contribution in [0.3, 0.4) is 0 Å². The minimum absolute atomic E-state index is 0. The van der Waals surface area contributed by atoms with E-state index in [1.54, 1.807) is 0 Å². The molecule has 0 aliphatic carbocycles. The molecule has 0 aromatic rings. The zero-order chi connectivity index (χ0) is 7.15. The van der Waals surface area contributed by atoms with Crippen molar-refractivity contribution < 1.29 is 44.0 Å². The van der Waals surface area contributed by atoms with Crippen LogP contribution in [-0.4, -0.2) is 10.2 Å². The quantitative estimate of drug-likeness (QED) is 0.317. The molecule has 0 heterocycles. The average Bonchev–Trinajstić information content (AvgIpc) is 1.25. The molecule has 0 atom stereocenters. The van der Waals surface area contributed by atoms with E-state index in [0.29, 0.717) is 0 Å². The molecular formula is CoMnN2O6+2. The molecule has 10 heavy (non-hydrogen) atoms. The zero-order valence-electron chi connectivity index (χ0n) is 4.06. The van der Waals surface area contributed by atoms with Gasteiger partial charge in [0.2, 0.25) is 0 Å². The normalized spacial score (nSPS) is 4.80. The third kappa shape index (κ3) is 931. The third-order valence-corrected chi connectivity index (χ3v) is 0. The number of hydrogen-bond acceptors (Lipinski definition) is 6. The van der Waals surface area contributed by atoms with E-state index in [0.717, 1.165) is 0 Å². The molecule has 0 fully saturated rings. The first kappa shape index (κ1) is 22.7. The van der Waals surface area contributed by atoms with E-state index >= 15 is 0 Å². The van der Waals surface area contributed by atoms with Crippen LogP contribution in [0.5, 0.6) is 0 Å². The largest absolute Gasteiger partial charge is 2.00 e. The van der Waals surface area contributed by atoms with Crippen LogP contribution in [0.25, 0.3) is 0 Å². The maximum absolute atomic E-state index is 8.25. The Labute approximate surface area is 75.1 Å². The fourth-order valence-corrected chi connectivity index (χ4v) is 0. The second-order valence-corrected chi connectivity index (χ2v) is 0.447. The van der Waals surface area contributed by atoms with Gasteiger partial charge in [0.05, 0.1) is 10.2 Å². The Morgan fingerprint density at radius 1 is 0.800 bits per heavy atom. The maximum Gasteiger partial charge on any atom is 2.00 e. The molecular weight excluding hydrogens is 238 g/mol. The predicted molar refractivity (Wildman–Crippen MR) is 20.7 cm³/mol. The summed E-state index contributed by atoms with van der Waals surface area (Å²) in [5, 5.41) is 29.5. The first-order valence-corrected chi connectivity index (χ1v) is 1.10. The zero-order valence-corrected chi connectivity index (χ0v) is 6.28. The van der Waals surface area contributed by atoms with Crippen molar-refractivity contribution in [3.63, 3.8) is 0 Å². The maximum atomic E-state index is 8.25. The van der Waals surface area contributed by atoms with E-state index < -0.39 is 10.2 Å². The van der Waals surface area contributed by atoms with E-state index in [-0.39, 0.29) is 33.8 Å². The minimum Gasteiger partial charge on any atom is -0.356 e. The van der Waals surface area contributed by atoms with E-state index in [1.807, 2.05) is 0 Å². The van der Waals surface area contributed by atoms with Crippen LogP contribution < -0.4 is 0 Å². The van der Waals surface area contributed by atoms with Crippen LogP contribution >= 0.6 is 0 Å². The van der Waals surface area contributed by atoms with Crippen LogP contribution in [0.15, 0.2) is 0 Å². The summed E-state index contributed by atoms with van der Waals surface area (Å²) < 4.78 is 0. The average molecular weight is 238 g/mol. The summed E-state index contributed by atoms with van der Waals surface area (Å²) in [7, 11) is 0. The summed E-state index contributed by atoms with van der Waals surface area (Å²) in [6.07, 6.45) is 0. The molecule has 0 spiro atoms. The van der Waals surface area contributed by atoms with Gasteiger partial charge in [-0.1, -0.05) is 0 Å². The van der Waals surface area contributed by atoms with Gasteiger partial charge in [-0.25, -0.2) is 0 Å². The second-order valence-electron chi connectivity index (χ2n) is 0.447. The van der Waals surface area contributed by atoms with Crippen LogP contribution in [0.4, 0.5) is 0 Å². The van der Waals surface area contributed by atoms with Crippen LogP contribution in [-0.2, 0) is 33.8 Å². The Morgan fingerprint density at radius 2 is 0.800 bits per heavy atom. The first-order valence-electron chi connectivity index (χ1n) is 1.10. The second kappa shape index (κ2) is 15.8. The Kier molecular flexibility index (Phi) is 35.9. The monoisotopic (exact) mass is 238 g/mol.